The largest absolute Gasteiger partial charge is 0.459 e. The van der Waals surface area contributed by atoms with Crippen LogP contribution in [0.3, 0.4) is 0 Å². The molecule has 0 saturated heterocycles. The Kier molecular flexibility index (Phi) is 5.15. The van der Waals surface area contributed by atoms with Gasteiger partial charge in [0.2, 0.25) is 0 Å². The topological polar surface area (TPSA) is 53.7 Å². The molecule has 0 bridgehead atoms. The highest BCUT2D eigenvalue weighted by Crippen LogP contribution is 2.07. The lowest BCUT2D eigenvalue weighted by atomic mass is 10.2. The van der Waals surface area contributed by atoms with E-state index in [4.69, 9.17) is 9.52 Å². The van der Waals surface area contributed by atoms with E-state index in [0.29, 0.717) is 6.54 Å². The number of carbonyl (C=O) groups is 1. The Morgan fingerprint density at radius 2 is 2.00 bits per heavy atom. The van der Waals surface area contributed by atoms with Gasteiger partial charge >= 0.3 is 0 Å². The van der Waals surface area contributed by atoms with Crippen molar-refractivity contribution in [2.75, 3.05) is 19.7 Å². The van der Waals surface area contributed by atoms with Crippen molar-refractivity contribution in [3.8, 4) is 0 Å². The molecule has 4 heteroatoms. The fraction of sp³-hybridized carbons (Fsp3) is 0.188. The summed E-state index contributed by atoms with van der Waals surface area (Å²) < 4.78 is 5.09. The Bertz CT molecular complexity index is 546. The van der Waals surface area contributed by atoms with Gasteiger partial charge in [-0.15, -0.1) is 0 Å². The molecule has 2 rings (SSSR count). The summed E-state index contributed by atoms with van der Waals surface area (Å²) in [6.45, 7) is 0.624. The van der Waals surface area contributed by atoms with E-state index >= 15 is 0 Å². The van der Waals surface area contributed by atoms with E-state index in [1.165, 1.54) is 11.2 Å². The molecule has 1 aromatic carbocycles. The van der Waals surface area contributed by atoms with Gasteiger partial charge in [0.25, 0.3) is 5.91 Å². The molecule has 0 atom stereocenters. The van der Waals surface area contributed by atoms with Gasteiger partial charge in [-0.05, 0) is 17.7 Å². The quantitative estimate of drug-likeness (QED) is 0.878. The molecule has 0 spiro atoms. The number of rotatable bonds is 6. The monoisotopic (exact) mass is 271 g/mol. The maximum absolute atomic E-state index is 12.1. The van der Waals surface area contributed by atoms with Crippen LogP contribution in [0.4, 0.5) is 0 Å². The van der Waals surface area contributed by atoms with Crippen molar-refractivity contribution < 1.29 is 14.3 Å². The molecule has 1 amide bonds. The zero-order valence-electron chi connectivity index (χ0n) is 11.1. The average molecular weight is 271 g/mol. The standard InChI is InChI=1S/C16H17NO3/c18-12-11-17(16(19)15-9-5-13-20-15)10-4-8-14-6-2-1-3-7-14/h1-9,13,18H,10-12H2/b8-4+. The summed E-state index contributed by atoms with van der Waals surface area (Å²) in [6, 6.07) is 13.1. The van der Waals surface area contributed by atoms with Gasteiger partial charge in [0.1, 0.15) is 0 Å². The Labute approximate surface area is 117 Å². The molecular weight excluding hydrogens is 254 g/mol. The van der Waals surface area contributed by atoms with Crippen molar-refractivity contribution in [3.63, 3.8) is 0 Å². The molecular formula is C16H17NO3. The average Bonchev–Trinajstić information content (AvgIpc) is 3.01. The zero-order chi connectivity index (χ0) is 14.2. The Balaban J connectivity index is 1.99. The van der Waals surface area contributed by atoms with Gasteiger partial charge in [0.05, 0.1) is 12.9 Å². The lowest BCUT2D eigenvalue weighted by Crippen LogP contribution is -2.33. The minimum Gasteiger partial charge on any atom is -0.459 e. The van der Waals surface area contributed by atoms with Gasteiger partial charge < -0.3 is 14.4 Å². The number of benzene rings is 1. The predicted molar refractivity (Wildman–Crippen MR) is 77.2 cm³/mol. The lowest BCUT2D eigenvalue weighted by molar-refractivity contribution is 0.0711. The minimum atomic E-state index is -0.221. The summed E-state index contributed by atoms with van der Waals surface area (Å²) in [5.74, 6) is 0.0633. The number of carbonyl (C=O) groups excluding carboxylic acids is 1. The van der Waals surface area contributed by atoms with Gasteiger partial charge in [-0.25, -0.2) is 0 Å². The van der Waals surface area contributed by atoms with Gasteiger partial charge in [0.15, 0.2) is 5.76 Å². The molecule has 0 aliphatic heterocycles. The second kappa shape index (κ2) is 7.31. The van der Waals surface area contributed by atoms with Crippen LogP contribution in [0.2, 0.25) is 0 Å². The second-order valence-corrected chi connectivity index (χ2v) is 4.27. The van der Waals surface area contributed by atoms with Crippen molar-refractivity contribution in [2.45, 2.75) is 0 Å². The molecule has 1 aromatic heterocycles. The van der Waals surface area contributed by atoms with Crippen LogP contribution < -0.4 is 0 Å². The van der Waals surface area contributed by atoms with E-state index in [1.807, 2.05) is 42.5 Å². The van der Waals surface area contributed by atoms with Gasteiger partial charge in [-0.3, -0.25) is 4.79 Å². The first-order valence-corrected chi connectivity index (χ1v) is 6.46. The molecule has 20 heavy (non-hydrogen) atoms. The maximum Gasteiger partial charge on any atom is 0.289 e. The fourth-order valence-corrected chi connectivity index (χ4v) is 1.83. The first kappa shape index (κ1) is 14.1. The van der Waals surface area contributed by atoms with Crippen LogP contribution in [-0.4, -0.2) is 35.6 Å². The van der Waals surface area contributed by atoms with Crippen LogP contribution in [0.1, 0.15) is 16.1 Å². The highest BCUT2D eigenvalue weighted by molar-refractivity contribution is 5.91. The van der Waals surface area contributed by atoms with Gasteiger partial charge in [-0.1, -0.05) is 42.5 Å². The lowest BCUT2D eigenvalue weighted by Gasteiger charge is -2.18. The van der Waals surface area contributed by atoms with Gasteiger partial charge in [0, 0.05) is 13.1 Å². The first-order chi connectivity index (χ1) is 9.81. The number of furan rings is 1. The van der Waals surface area contributed by atoms with Crippen LogP contribution in [-0.2, 0) is 0 Å². The number of hydrogen-bond acceptors (Lipinski definition) is 3. The Morgan fingerprint density at radius 1 is 1.20 bits per heavy atom. The van der Waals surface area contributed by atoms with Crippen molar-refractivity contribution in [2.24, 2.45) is 0 Å². The molecule has 104 valence electrons. The predicted octanol–water partition coefficient (Wildman–Crippen LogP) is 2.43. The number of aliphatic hydroxyl groups is 1. The van der Waals surface area contributed by atoms with E-state index in [-0.39, 0.29) is 24.8 Å². The van der Waals surface area contributed by atoms with E-state index in [1.54, 1.807) is 12.1 Å². The molecule has 0 fully saturated rings. The summed E-state index contributed by atoms with van der Waals surface area (Å²) >= 11 is 0. The smallest absolute Gasteiger partial charge is 0.289 e. The van der Waals surface area contributed by atoms with Crippen LogP contribution in [0.25, 0.3) is 6.08 Å². The molecule has 1 N–H and O–H groups in total. The van der Waals surface area contributed by atoms with Crippen molar-refractivity contribution in [3.05, 3.63) is 66.1 Å². The van der Waals surface area contributed by atoms with Crippen LogP contribution >= 0.6 is 0 Å². The number of amides is 1. The molecule has 0 saturated carbocycles. The second-order valence-electron chi connectivity index (χ2n) is 4.27. The van der Waals surface area contributed by atoms with E-state index < -0.39 is 0 Å². The molecule has 0 aliphatic carbocycles. The minimum absolute atomic E-state index is 0.0778. The molecule has 0 unspecified atom stereocenters. The summed E-state index contributed by atoms with van der Waals surface area (Å²) in [5, 5.41) is 9.05. The van der Waals surface area contributed by atoms with Crippen LogP contribution in [0.5, 0.6) is 0 Å². The molecule has 0 aliphatic rings. The van der Waals surface area contributed by atoms with Crippen LogP contribution in [0, 0.1) is 0 Å². The summed E-state index contributed by atoms with van der Waals surface area (Å²) in [7, 11) is 0. The Hall–Kier alpha value is -2.33. The molecule has 0 radical (unpaired) electrons. The van der Waals surface area contributed by atoms with E-state index in [2.05, 4.69) is 0 Å². The number of nitrogens with zero attached hydrogens (tertiary/aromatic N) is 1. The number of aliphatic hydroxyl groups excluding tert-OH is 1. The van der Waals surface area contributed by atoms with Crippen molar-refractivity contribution >= 4 is 12.0 Å². The Morgan fingerprint density at radius 3 is 2.65 bits per heavy atom. The summed E-state index contributed by atoms with van der Waals surface area (Å²) in [6.07, 6.45) is 5.30. The molecule has 2 aromatic rings. The van der Waals surface area contributed by atoms with Crippen molar-refractivity contribution in [1.82, 2.24) is 4.90 Å². The van der Waals surface area contributed by atoms with E-state index in [9.17, 15) is 4.79 Å². The van der Waals surface area contributed by atoms with Crippen molar-refractivity contribution in [1.29, 1.82) is 0 Å². The maximum atomic E-state index is 12.1. The fourth-order valence-electron chi connectivity index (χ4n) is 1.83. The normalized spacial score (nSPS) is 10.8. The van der Waals surface area contributed by atoms with Gasteiger partial charge in [-0.2, -0.15) is 0 Å². The third kappa shape index (κ3) is 3.83. The molecule has 4 nitrogen and oxygen atoms in total. The SMILES string of the molecule is O=C(c1ccco1)N(C/C=C/c1ccccc1)CCO. The van der Waals surface area contributed by atoms with E-state index in [0.717, 1.165) is 5.56 Å². The number of hydrogen-bond donors (Lipinski definition) is 1. The summed E-state index contributed by atoms with van der Waals surface area (Å²) in [5.41, 5.74) is 1.07. The van der Waals surface area contributed by atoms with Crippen LogP contribution in [0.15, 0.2) is 59.2 Å². The summed E-state index contributed by atoms with van der Waals surface area (Å²) in [4.78, 5) is 13.7. The first-order valence-electron chi connectivity index (χ1n) is 6.46. The third-order valence-electron chi connectivity index (χ3n) is 2.82. The zero-order valence-corrected chi connectivity index (χ0v) is 11.1. The molecule has 1 heterocycles. The third-order valence-corrected chi connectivity index (χ3v) is 2.82. The highest BCUT2D eigenvalue weighted by atomic mass is 16.3. The highest BCUT2D eigenvalue weighted by Gasteiger charge is 2.16.